The molecule has 0 radical (unpaired) electrons. The van der Waals surface area contributed by atoms with E-state index < -0.39 is 17.1 Å². The molecule has 0 aliphatic carbocycles. The van der Waals surface area contributed by atoms with Gasteiger partial charge in [-0.2, -0.15) is 13.2 Å². The summed E-state index contributed by atoms with van der Waals surface area (Å²) in [5.74, 6) is 0.266. The molecule has 0 unspecified atom stereocenters. The van der Waals surface area contributed by atoms with Crippen molar-refractivity contribution in [3.05, 3.63) is 39.9 Å². The van der Waals surface area contributed by atoms with E-state index in [9.17, 15) is 18.0 Å². The number of anilines is 1. The summed E-state index contributed by atoms with van der Waals surface area (Å²) in [7, 11) is 0. The molecule has 0 fully saturated rings. The average Bonchev–Trinajstić information content (AvgIpc) is 2.89. The van der Waals surface area contributed by atoms with Crippen LogP contribution in [0.3, 0.4) is 0 Å². The number of carbonyl (C=O) groups is 1. The third-order valence-electron chi connectivity index (χ3n) is 2.33. The van der Waals surface area contributed by atoms with E-state index >= 15 is 0 Å². The number of nitrogens with zero attached hydrogens (tertiary/aromatic N) is 2. The fourth-order valence-corrected chi connectivity index (χ4v) is 2.93. The number of halogens is 4. The molecule has 1 heterocycles. The van der Waals surface area contributed by atoms with Crippen LogP contribution in [0, 0.1) is 0 Å². The van der Waals surface area contributed by atoms with Gasteiger partial charge in [0, 0.05) is 10.8 Å². The molecule has 0 atom stereocenters. The highest BCUT2D eigenvalue weighted by molar-refractivity contribution is 7.99. The summed E-state index contributed by atoms with van der Waals surface area (Å²) >= 11 is 7.39. The van der Waals surface area contributed by atoms with Gasteiger partial charge in [-0.3, -0.25) is 10.1 Å². The number of amides is 1. The Hall–Kier alpha value is -1.32. The minimum Gasteiger partial charge on any atom is -0.300 e. The van der Waals surface area contributed by atoms with Crippen molar-refractivity contribution in [2.45, 2.75) is 11.9 Å². The summed E-state index contributed by atoms with van der Waals surface area (Å²) in [6, 6.07) is 7.18. The van der Waals surface area contributed by atoms with Gasteiger partial charge in [-0.1, -0.05) is 35.1 Å². The number of thioether (sulfide) groups is 1. The van der Waals surface area contributed by atoms with E-state index in [-0.39, 0.29) is 10.9 Å². The van der Waals surface area contributed by atoms with E-state index in [0.717, 1.165) is 5.56 Å². The van der Waals surface area contributed by atoms with Crippen LogP contribution in [-0.4, -0.2) is 21.9 Å². The van der Waals surface area contributed by atoms with Crippen LogP contribution < -0.4 is 5.32 Å². The number of aromatic nitrogens is 2. The summed E-state index contributed by atoms with van der Waals surface area (Å²) < 4.78 is 37.0. The Kier molecular flexibility index (Phi) is 5.65. The second kappa shape index (κ2) is 7.30. The maximum atomic E-state index is 12.3. The van der Waals surface area contributed by atoms with E-state index in [1.807, 2.05) is 12.1 Å². The lowest BCUT2D eigenvalue weighted by molar-refractivity contribution is -0.138. The Balaban J connectivity index is 1.78. The van der Waals surface area contributed by atoms with Gasteiger partial charge in [0.25, 0.3) is 0 Å². The maximum absolute atomic E-state index is 12.3. The monoisotopic (exact) mass is 367 g/mol. The molecular weight excluding hydrogens is 359 g/mol. The van der Waals surface area contributed by atoms with Gasteiger partial charge in [0.05, 0.1) is 5.75 Å². The van der Waals surface area contributed by atoms with Crippen molar-refractivity contribution in [1.29, 1.82) is 0 Å². The van der Waals surface area contributed by atoms with Gasteiger partial charge in [-0.25, -0.2) is 0 Å². The summed E-state index contributed by atoms with van der Waals surface area (Å²) in [5, 5.41) is 7.95. The highest BCUT2D eigenvalue weighted by Crippen LogP contribution is 2.33. The number of benzene rings is 1. The molecule has 4 nitrogen and oxygen atoms in total. The molecule has 0 saturated carbocycles. The molecule has 10 heteroatoms. The van der Waals surface area contributed by atoms with Gasteiger partial charge in [0.1, 0.15) is 0 Å². The summed E-state index contributed by atoms with van der Waals surface area (Å²) in [4.78, 5) is 11.6. The molecule has 2 aromatic rings. The van der Waals surface area contributed by atoms with Gasteiger partial charge in [-0.05, 0) is 17.7 Å². The van der Waals surface area contributed by atoms with Crippen molar-refractivity contribution >= 4 is 45.7 Å². The molecule has 0 bridgehead atoms. The molecule has 1 N–H and O–H groups in total. The van der Waals surface area contributed by atoms with E-state index in [2.05, 4.69) is 15.5 Å². The van der Waals surface area contributed by atoms with Crippen LogP contribution in [-0.2, 0) is 16.7 Å². The average molecular weight is 368 g/mol. The fraction of sp³-hybridized carbons (Fsp3) is 0.250. The summed E-state index contributed by atoms with van der Waals surface area (Å²) in [6.45, 7) is 0. The largest absolute Gasteiger partial charge is 0.445 e. The molecule has 0 spiro atoms. The lowest BCUT2D eigenvalue weighted by atomic mass is 10.2. The molecule has 1 amide bonds. The minimum atomic E-state index is -4.55. The molecular formula is C12H9ClF3N3OS2. The van der Waals surface area contributed by atoms with E-state index in [1.54, 1.807) is 12.1 Å². The van der Waals surface area contributed by atoms with Crippen LogP contribution in [0.25, 0.3) is 0 Å². The van der Waals surface area contributed by atoms with E-state index in [4.69, 9.17) is 11.6 Å². The quantitative estimate of drug-likeness (QED) is 0.865. The van der Waals surface area contributed by atoms with Crippen LogP contribution in [0.5, 0.6) is 0 Å². The third-order valence-corrected chi connectivity index (χ3v) is 4.47. The molecule has 0 aliphatic rings. The molecule has 118 valence electrons. The number of rotatable bonds is 5. The first-order valence-electron chi connectivity index (χ1n) is 5.87. The standard InChI is InChI=1S/C12H9ClF3N3OS2/c13-8-3-1-7(2-4-8)5-21-6-9(20)17-11-19-18-10(22-11)12(14,15)16/h1-4H,5-6H2,(H,17,19,20). The minimum absolute atomic E-state index is 0.101. The van der Waals surface area contributed by atoms with E-state index in [1.165, 1.54) is 11.8 Å². The van der Waals surface area contributed by atoms with Crippen molar-refractivity contribution < 1.29 is 18.0 Å². The molecule has 1 aromatic heterocycles. The second-order valence-electron chi connectivity index (χ2n) is 4.08. The Morgan fingerprint density at radius 2 is 1.95 bits per heavy atom. The Morgan fingerprint density at radius 3 is 2.55 bits per heavy atom. The smallest absolute Gasteiger partial charge is 0.300 e. The summed E-state index contributed by atoms with van der Waals surface area (Å²) in [6.07, 6.45) is -4.55. The van der Waals surface area contributed by atoms with Crippen molar-refractivity contribution in [3.63, 3.8) is 0 Å². The lowest BCUT2D eigenvalue weighted by Crippen LogP contribution is -2.14. The van der Waals surface area contributed by atoms with Crippen molar-refractivity contribution in [2.75, 3.05) is 11.1 Å². The SMILES string of the molecule is O=C(CSCc1ccc(Cl)cc1)Nc1nnc(C(F)(F)F)s1. The molecule has 2 rings (SSSR count). The Labute approximate surface area is 137 Å². The van der Waals surface area contributed by atoms with Crippen LogP contribution in [0.15, 0.2) is 24.3 Å². The second-order valence-corrected chi connectivity index (χ2v) is 6.48. The highest BCUT2D eigenvalue weighted by atomic mass is 35.5. The first-order valence-corrected chi connectivity index (χ1v) is 8.22. The third kappa shape index (κ3) is 5.15. The zero-order chi connectivity index (χ0) is 16.2. The lowest BCUT2D eigenvalue weighted by Gasteiger charge is -2.02. The number of hydrogen-bond donors (Lipinski definition) is 1. The van der Waals surface area contributed by atoms with E-state index in [0.29, 0.717) is 22.1 Å². The van der Waals surface area contributed by atoms with Crippen LogP contribution in [0.1, 0.15) is 10.6 Å². The molecule has 1 aromatic carbocycles. The number of carbonyl (C=O) groups excluding carboxylic acids is 1. The van der Waals surface area contributed by atoms with Crippen molar-refractivity contribution in [1.82, 2.24) is 10.2 Å². The predicted molar refractivity (Wildman–Crippen MR) is 81.2 cm³/mol. The number of alkyl halides is 3. The molecule has 0 aliphatic heterocycles. The summed E-state index contributed by atoms with van der Waals surface area (Å²) in [5.41, 5.74) is 0.998. The Morgan fingerprint density at radius 1 is 1.27 bits per heavy atom. The van der Waals surface area contributed by atoms with Crippen LogP contribution >= 0.6 is 34.7 Å². The zero-order valence-electron chi connectivity index (χ0n) is 10.9. The van der Waals surface area contributed by atoms with Gasteiger partial charge in [0.2, 0.25) is 16.0 Å². The molecule has 22 heavy (non-hydrogen) atoms. The van der Waals surface area contributed by atoms with Crippen molar-refractivity contribution in [2.24, 2.45) is 0 Å². The first-order chi connectivity index (χ1) is 10.3. The van der Waals surface area contributed by atoms with Gasteiger partial charge < -0.3 is 0 Å². The van der Waals surface area contributed by atoms with Gasteiger partial charge >= 0.3 is 6.18 Å². The van der Waals surface area contributed by atoms with Crippen LogP contribution in [0.2, 0.25) is 5.02 Å². The first kappa shape index (κ1) is 17.0. The zero-order valence-corrected chi connectivity index (χ0v) is 13.2. The number of nitrogens with one attached hydrogen (secondary N) is 1. The fourth-order valence-electron chi connectivity index (χ4n) is 1.39. The Bertz CT molecular complexity index is 646. The number of hydrogen-bond acceptors (Lipinski definition) is 5. The van der Waals surface area contributed by atoms with Crippen LogP contribution in [0.4, 0.5) is 18.3 Å². The topological polar surface area (TPSA) is 54.9 Å². The van der Waals surface area contributed by atoms with Crippen molar-refractivity contribution in [3.8, 4) is 0 Å². The highest BCUT2D eigenvalue weighted by Gasteiger charge is 2.35. The predicted octanol–water partition coefficient (Wildman–Crippen LogP) is 4.08. The normalized spacial score (nSPS) is 11.5. The van der Waals surface area contributed by atoms with Gasteiger partial charge in [-0.15, -0.1) is 22.0 Å². The molecule has 0 saturated heterocycles. The van der Waals surface area contributed by atoms with Gasteiger partial charge in [0.15, 0.2) is 0 Å². The maximum Gasteiger partial charge on any atom is 0.445 e.